The van der Waals surface area contributed by atoms with Crippen molar-refractivity contribution < 1.29 is 18.5 Å². The average molecular weight is 258 g/mol. The molecule has 0 spiro atoms. The number of benzene rings is 1. The Morgan fingerprint density at radius 1 is 1.50 bits per heavy atom. The summed E-state index contributed by atoms with van der Waals surface area (Å²) in [4.78, 5) is 22.6. The van der Waals surface area contributed by atoms with Crippen molar-refractivity contribution >= 4 is 17.2 Å². The van der Waals surface area contributed by atoms with Gasteiger partial charge in [-0.1, -0.05) is 0 Å². The topological polar surface area (TPSA) is 63.5 Å². The standard InChI is InChI=1S/C11H12F2N2O3/c1-7(16)9-5-8(14(2)6-11(12)13)3-4-10(9)15(17)18/h3-5,11H,6H2,1-2H3. The van der Waals surface area contributed by atoms with Crippen LogP contribution in [0.1, 0.15) is 17.3 Å². The highest BCUT2D eigenvalue weighted by Gasteiger charge is 2.19. The van der Waals surface area contributed by atoms with E-state index in [9.17, 15) is 23.7 Å². The number of nitrogens with zero attached hydrogens (tertiary/aromatic N) is 2. The number of hydrogen-bond donors (Lipinski definition) is 0. The van der Waals surface area contributed by atoms with Crippen molar-refractivity contribution in [3.05, 3.63) is 33.9 Å². The summed E-state index contributed by atoms with van der Waals surface area (Å²) in [6.45, 7) is 0.689. The Hall–Kier alpha value is -2.05. The molecule has 7 heteroatoms. The van der Waals surface area contributed by atoms with Crippen LogP contribution in [0.2, 0.25) is 0 Å². The predicted octanol–water partition coefficient (Wildman–Crippen LogP) is 2.50. The van der Waals surface area contributed by atoms with Crippen LogP contribution in [0, 0.1) is 10.1 Å². The van der Waals surface area contributed by atoms with Crippen molar-refractivity contribution in [2.75, 3.05) is 18.5 Å². The van der Waals surface area contributed by atoms with Crippen LogP contribution in [0.5, 0.6) is 0 Å². The molecule has 0 saturated heterocycles. The second-order valence-electron chi connectivity index (χ2n) is 3.79. The molecule has 0 N–H and O–H groups in total. The molecule has 0 radical (unpaired) electrons. The molecule has 0 atom stereocenters. The lowest BCUT2D eigenvalue weighted by molar-refractivity contribution is -0.385. The highest BCUT2D eigenvalue weighted by molar-refractivity contribution is 5.99. The van der Waals surface area contributed by atoms with Crippen molar-refractivity contribution in [1.82, 2.24) is 0 Å². The number of ketones is 1. The second-order valence-corrected chi connectivity index (χ2v) is 3.79. The lowest BCUT2D eigenvalue weighted by atomic mass is 10.1. The normalized spacial score (nSPS) is 10.5. The van der Waals surface area contributed by atoms with Gasteiger partial charge >= 0.3 is 0 Å². The highest BCUT2D eigenvalue weighted by Crippen LogP contribution is 2.25. The maximum absolute atomic E-state index is 12.2. The molecule has 0 aliphatic rings. The summed E-state index contributed by atoms with van der Waals surface area (Å²) in [5.74, 6) is -0.478. The fraction of sp³-hybridized carbons (Fsp3) is 0.364. The SMILES string of the molecule is CC(=O)c1cc(N(C)CC(F)F)ccc1[N+](=O)[O-]. The van der Waals surface area contributed by atoms with Gasteiger partial charge in [-0.15, -0.1) is 0 Å². The lowest BCUT2D eigenvalue weighted by Gasteiger charge is -2.19. The Balaban J connectivity index is 3.15. The van der Waals surface area contributed by atoms with Crippen LogP contribution in [0.15, 0.2) is 18.2 Å². The molecular formula is C11H12F2N2O3. The van der Waals surface area contributed by atoms with Crippen LogP contribution in [0.25, 0.3) is 0 Å². The zero-order valence-electron chi connectivity index (χ0n) is 9.89. The first-order chi connectivity index (χ1) is 8.32. The van der Waals surface area contributed by atoms with Gasteiger partial charge in [0.1, 0.15) is 0 Å². The van der Waals surface area contributed by atoms with E-state index in [4.69, 9.17) is 0 Å². The number of alkyl halides is 2. The van der Waals surface area contributed by atoms with E-state index >= 15 is 0 Å². The van der Waals surface area contributed by atoms with Crippen LogP contribution in [0.3, 0.4) is 0 Å². The van der Waals surface area contributed by atoms with Crippen molar-refractivity contribution in [2.24, 2.45) is 0 Å². The van der Waals surface area contributed by atoms with Gasteiger partial charge in [0.2, 0.25) is 0 Å². The molecule has 0 heterocycles. The molecule has 0 fully saturated rings. The van der Waals surface area contributed by atoms with Gasteiger partial charge in [-0.2, -0.15) is 0 Å². The van der Waals surface area contributed by atoms with E-state index < -0.39 is 23.7 Å². The monoisotopic (exact) mass is 258 g/mol. The Labute approximate surface area is 102 Å². The van der Waals surface area contributed by atoms with Crippen LogP contribution < -0.4 is 4.90 Å². The lowest BCUT2D eigenvalue weighted by Crippen LogP contribution is -2.24. The first kappa shape index (κ1) is 14.0. The molecule has 98 valence electrons. The number of hydrogen-bond acceptors (Lipinski definition) is 4. The maximum Gasteiger partial charge on any atom is 0.280 e. The minimum absolute atomic E-state index is 0.0846. The Bertz CT molecular complexity index is 477. The van der Waals surface area contributed by atoms with E-state index in [0.717, 1.165) is 6.07 Å². The molecule has 5 nitrogen and oxygen atoms in total. The van der Waals surface area contributed by atoms with E-state index in [1.165, 1.54) is 31.0 Å². The molecule has 0 amide bonds. The van der Waals surface area contributed by atoms with Crippen molar-refractivity contribution in [1.29, 1.82) is 0 Å². The Morgan fingerprint density at radius 3 is 2.56 bits per heavy atom. The smallest absolute Gasteiger partial charge is 0.280 e. The van der Waals surface area contributed by atoms with Crippen LogP contribution in [-0.2, 0) is 0 Å². The number of halogens is 2. The third-order valence-corrected chi connectivity index (χ3v) is 2.41. The molecule has 0 aromatic heterocycles. The zero-order valence-corrected chi connectivity index (χ0v) is 9.89. The summed E-state index contributed by atoms with van der Waals surface area (Å²) < 4.78 is 24.4. The number of carbonyl (C=O) groups is 1. The summed E-state index contributed by atoms with van der Waals surface area (Å²) in [6.07, 6.45) is -2.52. The van der Waals surface area contributed by atoms with Gasteiger partial charge < -0.3 is 4.90 Å². The highest BCUT2D eigenvalue weighted by atomic mass is 19.3. The largest absolute Gasteiger partial charge is 0.369 e. The first-order valence-corrected chi connectivity index (χ1v) is 5.11. The van der Waals surface area contributed by atoms with Crippen LogP contribution in [-0.4, -0.2) is 30.7 Å². The number of Topliss-reactive ketones (excluding diaryl/α,β-unsaturated/α-hetero) is 1. The van der Waals surface area contributed by atoms with Crippen molar-refractivity contribution in [3.8, 4) is 0 Å². The molecule has 1 rings (SSSR count). The molecule has 1 aromatic rings. The summed E-state index contributed by atoms with van der Waals surface area (Å²) in [5.41, 5.74) is -0.0681. The van der Waals surface area contributed by atoms with Crippen molar-refractivity contribution in [2.45, 2.75) is 13.3 Å². The van der Waals surface area contributed by atoms with Gasteiger partial charge in [-0.25, -0.2) is 8.78 Å². The van der Waals surface area contributed by atoms with E-state index in [2.05, 4.69) is 0 Å². The summed E-state index contributed by atoms with van der Waals surface area (Å²) in [7, 11) is 1.43. The summed E-state index contributed by atoms with van der Waals surface area (Å²) >= 11 is 0. The zero-order chi connectivity index (χ0) is 13.9. The van der Waals surface area contributed by atoms with Gasteiger partial charge in [-0.3, -0.25) is 14.9 Å². The summed E-state index contributed by atoms with van der Waals surface area (Å²) in [6, 6.07) is 3.74. The minimum Gasteiger partial charge on any atom is -0.369 e. The number of nitro benzene ring substituents is 1. The molecule has 0 saturated carbocycles. The number of anilines is 1. The molecule has 0 aliphatic carbocycles. The van der Waals surface area contributed by atoms with Gasteiger partial charge in [0.15, 0.2) is 5.78 Å². The van der Waals surface area contributed by atoms with E-state index in [-0.39, 0.29) is 11.3 Å². The minimum atomic E-state index is -2.52. The molecule has 1 aromatic carbocycles. The average Bonchev–Trinajstić information content (AvgIpc) is 2.26. The third-order valence-electron chi connectivity index (χ3n) is 2.41. The van der Waals surface area contributed by atoms with Gasteiger partial charge in [0.05, 0.1) is 17.0 Å². The molecule has 0 aliphatic heterocycles. The molecule has 0 bridgehead atoms. The Kier molecular flexibility index (Phi) is 4.30. The number of nitro groups is 1. The molecule has 0 unspecified atom stereocenters. The van der Waals surface area contributed by atoms with Crippen LogP contribution >= 0.6 is 0 Å². The summed E-state index contributed by atoms with van der Waals surface area (Å²) in [5, 5.41) is 10.7. The maximum atomic E-state index is 12.2. The third kappa shape index (κ3) is 3.22. The number of rotatable bonds is 5. The molecular weight excluding hydrogens is 246 g/mol. The Morgan fingerprint density at radius 2 is 2.11 bits per heavy atom. The quantitative estimate of drug-likeness (QED) is 0.462. The van der Waals surface area contributed by atoms with Gasteiger partial charge in [0.25, 0.3) is 12.1 Å². The van der Waals surface area contributed by atoms with E-state index in [1.807, 2.05) is 0 Å². The second kappa shape index (κ2) is 5.52. The number of carbonyl (C=O) groups excluding carboxylic acids is 1. The fourth-order valence-corrected chi connectivity index (χ4v) is 1.52. The van der Waals surface area contributed by atoms with Gasteiger partial charge in [-0.05, 0) is 19.1 Å². The predicted molar refractivity (Wildman–Crippen MR) is 62.4 cm³/mol. The molecule has 18 heavy (non-hydrogen) atoms. The van der Waals surface area contributed by atoms with Crippen LogP contribution in [0.4, 0.5) is 20.2 Å². The van der Waals surface area contributed by atoms with Gasteiger partial charge in [0, 0.05) is 18.8 Å². The van der Waals surface area contributed by atoms with E-state index in [1.54, 1.807) is 0 Å². The van der Waals surface area contributed by atoms with E-state index in [0.29, 0.717) is 5.69 Å². The first-order valence-electron chi connectivity index (χ1n) is 5.11. The van der Waals surface area contributed by atoms with Crippen molar-refractivity contribution in [3.63, 3.8) is 0 Å². The fourth-order valence-electron chi connectivity index (χ4n) is 1.52.